The van der Waals surface area contributed by atoms with Gasteiger partial charge in [-0.2, -0.15) is 0 Å². The summed E-state index contributed by atoms with van der Waals surface area (Å²) in [4.78, 5) is 4.19. The lowest BCUT2D eigenvalue weighted by Crippen LogP contribution is -2.20. The molecule has 0 spiro atoms. The van der Waals surface area contributed by atoms with Crippen LogP contribution in [0.2, 0.25) is 0 Å². The third-order valence-electron chi connectivity index (χ3n) is 2.56. The zero-order valence-electron chi connectivity index (χ0n) is 11.2. The van der Waals surface area contributed by atoms with E-state index in [4.69, 9.17) is 9.47 Å². The van der Waals surface area contributed by atoms with Crippen molar-refractivity contribution in [3.05, 3.63) is 48.7 Å². The molecule has 0 aliphatic carbocycles. The molecule has 0 saturated heterocycles. The third-order valence-corrected chi connectivity index (χ3v) is 3.65. The van der Waals surface area contributed by atoms with E-state index in [-0.39, 0.29) is 6.61 Å². The van der Waals surface area contributed by atoms with Gasteiger partial charge in [0.2, 0.25) is 0 Å². The van der Waals surface area contributed by atoms with Crippen LogP contribution in [0.3, 0.4) is 0 Å². The van der Waals surface area contributed by atoms with Crippen molar-refractivity contribution in [3.63, 3.8) is 0 Å². The molecule has 1 heterocycles. The standard InChI is InChI=1S/C15H17NO3S/c1-18-13-5-7-14(8-6-13)19-10-12(17)11-20-15-4-2-3-9-16-15/h2-9,12,17H,10-11H2,1H3/t12-/m1/s1. The molecule has 1 atom stereocenters. The van der Waals surface area contributed by atoms with Crippen molar-refractivity contribution in [1.82, 2.24) is 4.98 Å². The Morgan fingerprint density at radius 3 is 2.55 bits per heavy atom. The molecular weight excluding hydrogens is 274 g/mol. The average Bonchev–Trinajstić information content (AvgIpc) is 2.52. The second kappa shape index (κ2) is 7.77. The van der Waals surface area contributed by atoms with Gasteiger partial charge in [-0.1, -0.05) is 6.07 Å². The molecule has 0 saturated carbocycles. The van der Waals surface area contributed by atoms with E-state index in [2.05, 4.69) is 4.98 Å². The van der Waals surface area contributed by atoms with Gasteiger partial charge in [0, 0.05) is 11.9 Å². The Hall–Kier alpha value is -1.72. The van der Waals surface area contributed by atoms with Gasteiger partial charge < -0.3 is 14.6 Å². The summed E-state index contributed by atoms with van der Waals surface area (Å²) in [6, 6.07) is 13.0. The van der Waals surface area contributed by atoms with Crippen LogP contribution in [-0.4, -0.2) is 35.7 Å². The molecular formula is C15H17NO3S. The quantitative estimate of drug-likeness (QED) is 0.795. The molecule has 0 radical (unpaired) electrons. The van der Waals surface area contributed by atoms with E-state index in [1.165, 1.54) is 11.8 Å². The zero-order chi connectivity index (χ0) is 14.2. The Kier molecular flexibility index (Phi) is 5.70. The van der Waals surface area contributed by atoms with Crippen LogP contribution in [0.1, 0.15) is 0 Å². The lowest BCUT2D eigenvalue weighted by Gasteiger charge is -2.12. The molecule has 2 rings (SSSR count). The van der Waals surface area contributed by atoms with Gasteiger partial charge in [0.15, 0.2) is 0 Å². The van der Waals surface area contributed by atoms with Crippen LogP contribution in [0, 0.1) is 0 Å². The number of hydrogen-bond acceptors (Lipinski definition) is 5. The molecule has 0 bridgehead atoms. The first-order valence-electron chi connectivity index (χ1n) is 6.26. The number of aliphatic hydroxyl groups is 1. The summed E-state index contributed by atoms with van der Waals surface area (Å²) in [6.07, 6.45) is 1.20. The number of rotatable bonds is 7. The molecule has 5 heteroatoms. The highest BCUT2D eigenvalue weighted by atomic mass is 32.2. The SMILES string of the molecule is COc1ccc(OC[C@@H](O)CSc2ccccn2)cc1. The van der Waals surface area contributed by atoms with E-state index in [1.54, 1.807) is 13.3 Å². The predicted octanol–water partition coefficient (Wildman–Crippen LogP) is 2.62. The molecule has 0 fully saturated rings. The van der Waals surface area contributed by atoms with Crippen LogP contribution in [0.25, 0.3) is 0 Å². The highest BCUT2D eigenvalue weighted by Crippen LogP contribution is 2.18. The van der Waals surface area contributed by atoms with Crippen molar-refractivity contribution in [2.45, 2.75) is 11.1 Å². The van der Waals surface area contributed by atoms with Crippen LogP contribution < -0.4 is 9.47 Å². The largest absolute Gasteiger partial charge is 0.497 e. The third kappa shape index (κ3) is 4.75. The minimum atomic E-state index is -0.538. The molecule has 1 N–H and O–H groups in total. The molecule has 0 amide bonds. The first-order chi connectivity index (χ1) is 9.78. The smallest absolute Gasteiger partial charge is 0.119 e. The van der Waals surface area contributed by atoms with Crippen LogP contribution >= 0.6 is 11.8 Å². The Bertz CT molecular complexity index is 504. The second-order valence-corrected chi connectivity index (χ2v) is 5.16. The number of methoxy groups -OCH3 is 1. The summed E-state index contributed by atoms with van der Waals surface area (Å²) in [5, 5.41) is 10.8. The fourth-order valence-electron chi connectivity index (χ4n) is 1.53. The Labute approximate surface area is 122 Å². The van der Waals surface area contributed by atoms with Crippen molar-refractivity contribution in [2.24, 2.45) is 0 Å². The topological polar surface area (TPSA) is 51.6 Å². The van der Waals surface area contributed by atoms with Gasteiger partial charge in [0.05, 0.1) is 18.2 Å². The van der Waals surface area contributed by atoms with Crippen molar-refractivity contribution in [2.75, 3.05) is 19.5 Å². The van der Waals surface area contributed by atoms with E-state index in [0.29, 0.717) is 11.5 Å². The number of benzene rings is 1. The fourth-order valence-corrected chi connectivity index (χ4v) is 2.30. The summed E-state index contributed by atoms with van der Waals surface area (Å²) in [5.41, 5.74) is 0. The van der Waals surface area contributed by atoms with E-state index in [0.717, 1.165) is 10.8 Å². The fraction of sp³-hybridized carbons (Fsp3) is 0.267. The molecule has 4 nitrogen and oxygen atoms in total. The number of nitrogens with zero attached hydrogens (tertiary/aromatic N) is 1. The van der Waals surface area contributed by atoms with Gasteiger partial charge in [-0.3, -0.25) is 0 Å². The maximum absolute atomic E-state index is 9.87. The molecule has 1 aromatic carbocycles. The number of aliphatic hydroxyl groups excluding tert-OH is 1. The van der Waals surface area contributed by atoms with Crippen molar-refractivity contribution < 1.29 is 14.6 Å². The molecule has 20 heavy (non-hydrogen) atoms. The number of hydrogen-bond donors (Lipinski definition) is 1. The Morgan fingerprint density at radius 1 is 1.15 bits per heavy atom. The van der Waals surface area contributed by atoms with Gasteiger partial charge in [0.1, 0.15) is 18.1 Å². The van der Waals surface area contributed by atoms with Crippen LogP contribution in [0.15, 0.2) is 53.7 Å². The molecule has 106 valence electrons. The molecule has 0 unspecified atom stereocenters. The van der Waals surface area contributed by atoms with Gasteiger partial charge in [-0.25, -0.2) is 4.98 Å². The molecule has 0 aliphatic heterocycles. The molecule has 2 aromatic rings. The average molecular weight is 291 g/mol. The highest BCUT2D eigenvalue weighted by Gasteiger charge is 2.07. The van der Waals surface area contributed by atoms with E-state index in [1.807, 2.05) is 42.5 Å². The lowest BCUT2D eigenvalue weighted by molar-refractivity contribution is 0.126. The minimum Gasteiger partial charge on any atom is -0.497 e. The van der Waals surface area contributed by atoms with Crippen molar-refractivity contribution in [3.8, 4) is 11.5 Å². The summed E-state index contributed by atoms with van der Waals surface area (Å²) in [7, 11) is 1.62. The van der Waals surface area contributed by atoms with Gasteiger partial charge in [-0.15, -0.1) is 11.8 Å². The minimum absolute atomic E-state index is 0.256. The van der Waals surface area contributed by atoms with Crippen molar-refractivity contribution >= 4 is 11.8 Å². The number of pyridine rings is 1. The summed E-state index contributed by atoms with van der Waals surface area (Å²) in [5.74, 6) is 2.05. The van der Waals surface area contributed by atoms with Crippen LogP contribution in [0.4, 0.5) is 0 Å². The van der Waals surface area contributed by atoms with E-state index < -0.39 is 6.10 Å². The van der Waals surface area contributed by atoms with E-state index in [9.17, 15) is 5.11 Å². The maximum atomic E-state index is 9.87. The normalized spacial score (nSPS) is 11.9. The van der Waals surface area contributed by atoms with Crippen LogP contribution in [-0.2, 0) is 0 Å². The van der Waals surface area contributed by atoms with Gasteiger partial charge in [-0.05, 0) is 36.4 Å². The lowest BCUT2D eigenvalue weighted by atomic mass is 10.3. The number of thioether (sulfide) groups is 1. The van der Waals surface area contributed by atoms with Crippen molar-refractivity contribution in [1.29, 1.82) is 0 Å². The first-order valence-corrected chi connectivity index (χ1v) is 7.25. The predicted molar refractivity (Wildman–Crippen MR) is 79.5 cm³/mol. The van der Waals surface area contributed by atoms with Crippen LogP contribution in [0.5, 0.6) is 11.5 Å². The zero-order valence-corrected chi connectivity index (χ0v) is 12.0. The molecule has 0 aliphatic rings. The number of aromatic nitrogens is 1. The molecule has 1 aromatic heterocycles. The summed E-state index contributed by atoms with van der Waals surface area (Å²) < 4.78 is 10.6. The summed E-state index contributed by atoms with van der Waals surface area (Å²) in [6.45, 7) is 0.256. The first kappa shape index (κ1) is 14.7. The second-order valence-electron chi connectivity index (χ2n) is 4.12. The number of ether oxygens (including phenoxy) is 2. The maximum Gasteiger partial charge on any atom is 0.119 e. The Morgan fingerprint density at radius 2 is 1.90 bits per heavy atom. The van der Waals surface area contributed by atoms with E-state index >= 15 is 0 Å². The van der Waals surface area contributed by atoms with Gasteiger partial charge >= 0.3 is 0 Å². The summed E-state index contributed by atoms with van der Waals surface area (Å²) >= 11 is 1.51. The monoisotopic (exact) mass is 291 g/mol. The van der Waals surface area contributed by atoms with Gasteiger partial charge in [0.25, 0.3) is 0 Å². The highest BCUT2D eigenvalue weighted by molar-refractivity contribution is 7.99. The Balaban J connectivity index is 1.73.